The molecule has 21 heavy (non-hydrogen) atoms. The number of amides is 2. The summed E-state index contributed by atoms with van der Waals surface area (Å²) in [5.41, 5.74) is 0.453. The van der Waals surface area contributed by atoms with Crippen molar-refractivity contribution in [2.75, 3.05) is 18.0 Å². The molecule has 0 bridgehead atoms. The van der Waals surface area contributed by atoms with Crippen LogP contribution in [0, 0.1) is 0 Å². The molecule has 6 nitrogen and oxygen atoms in total. The number of piperazine rings is 1. The van der Waals surface area contributed by atoms with Crippen molar-refractivity contribution in [3.8, 4) is 0 Å². The number of nitrogens with zero attached hydrogens (tertiary/aromatic N) is 1. The van der Waals surface area contributed by atoms with E-state index in [4.69, 9.17) is 0 Å². The lowest BCUT2D eigenvalue weighted by Gasteiger charge is -2.38. The van der Waals surface area contributed by atoms with Crippen molar-refractivity contribution in [1.29, 1.82) is 0 Å². The zero-order chi connectivity index (χ0) is 15.0. The second kappa shape index (κ2) is 4.87. The average molecular weight is 288 g/mol. The zero-order valence-electron chi connectivity index (χ0n) is 11.5. The summed E-state index contributed by atoms with van der Waals surface area (Å²) >= 11 is 0. The lowest BCUT2D eigenvalue weighted by atomic mass is 9.64. The lowest BCUT2D eigenvalue weighted by Crippen LogP contribution is -2.51. The van der Waals surface area contributed by atoms with Gasteiger partial charge in [-0.05, 0) is 30.5 Å². The molecule has 1 aliphatic carbocycles. The van der Waals surface area contributed by atoms with E-state index in [-0.39, 0.29) is 24.9 Å². The molecule has 6 heteroatoms. The van der Waals surface area contributed by atoms with Crippen LogP contribution < -0.4 is 10.2 Å². The molecular formula is C15H16N2O4. The molecule has 1 heterocycles. The Morgan fingerprint density at radius 1 is 1.29 bits per heavy atom. The molecule has 1 saturated carbocycles. The Morgan fingerprint density at radius 3 is 2.67 bits per heavy atom. The second-order valence-electron chi connectivity index (χ2n) is 5.55. The molecule has 0 radical (unpaired) electrons. The van der Waals surface area contributed by atoms with E-state index >= 15 is 0 Å². The first-order valence-corrected chi connectivity index (χ1v) is 6.94. The predicted octanol–water partition coefficient (Wildman–Crippen LogP) is 0.656. The zero-order valence-corrected chi connectivity index (χ0v) is 11.5. The Hall–Kier alpha value is -2.37. The van der Waals surface area contributed by atoms with Gasteiger partial charge in [-0.2, -0.15) is 0 Å². The maximum atomic E-state index is 11.9. The standard InChI is InChI=1S/C15H16N2O4/c18-12-9-17(13(19)8-16-12)11-4-1-3-10(7-11)15(14(20)21)5-2-6-15/h1,3-4,7H,2,5-6,8-9H2,(H,16,18)(H,20,21). The van der Waals surface area contributed by atoms with Crippen LogP contribution >= 0.6 is 0 Å². The molecule has 1 aliphatic heterocycles. The maximum Gasteiger partial charge on any atom is 0.314 e. The fraction of sp³-hybridized carbons (Fsp3) is 0.400. The van der Waals surface area contributed by atoms with Crippen LogP contribution in [0.5, 0.6) is 0 Å². The lowest BCUT2D eigenvalue weighted by molar-refractivity contribution is -0.147. The minimum atomic E-state index is -0.836. The van der Waals surface area contributed by atoms with E-state index in [0.29, 0.717) is 24.1 Å². The summed E-state index contributed by atoms with van der Waals surface area (Å²) in [7, 11) is 0. The molecule has 2 fully saturated rings. The van der Waals surface area contributed by atoms with Crippen molar-refractivity contribution in [2.24, 2.45) is 0 Å². The van der Waals surface area contributed by atoms with Crippen molar-refractivity contribution >= 4 is 23.5 Å². The van der Waals surface area contributed by atoms with Gasteiger partial charge in [0.1, 0.15) is 6.54 Å². The van der Waals surface area contributed by atoms with Crippen LogP contribution in [0.3, 0.4) is 0 Å². The van der Waals surface area contributed by atoms with Gasteiger partial charge >= 0.3 is 5.97 Å². The molecule has 110 valence electrons. The van der Waals surface area contributed by atoms with E-state index in [2.05, 4.69) is 5.32 Å². The average Bonchev–Trinajstić information content (AvgIpc) is 2.40. The minimum absolute atomic E-state index is 0.0207. The van der Waals surface area contributed by atoms with Crippen LogP contribution in [0.1, 0.15) is 24.8 Å². The monoisotopic (exact) mass is 288 g/mol. The van der Waals surface area contributed by atoms with Crippen molar-refractivity contribution in [3.63, 3.8) is 0 Å². The van der Waals surface area contributed by atoms with Gasteiger partial charge in [0, 0.05) is 5.69 Å². The summed E-state index contributed by atoms with van der Waals surface area (Å²) in [6.45, 7) is -0.0461. The number of anilines is 1. The Labute approximate surface area is 121 Å². The van der Waals surface area contributed by atoms with Crippen molar-refractivity contribution in [2.45, 2.75) is 24.7 Å². The number of hydrogen-bond acceptors (Lipinski definition) is 3. The number of carboxylic acids is 1. The largest absolute Gasteiger partial charge is 0.481 e. The molecule has 1 aromatic carbocycles. The van der Waals surface area contributed by atoms with Crippen LogP contribution in [0.2, 0.25) is 0 Å². The van der Waals surface area contributed by atoms with E-state index in [9.17, 15) is 19.5 Å². The number of aliphatic carboxylic acids is 1. The predicted molar refractivity (Wildman–Crippen MR) is 75.0 cm³/mol. The van der Waals surface area contributed by atoms with Gasteiger partial charge in [-0.3, -0.25) is 14.4 Å². The third-order valence-electron chi connectivity index (χ3n) is 4.37. The van der Waals surface area contributed by atoms with E-state index in [0.717, 1.165) is 6.42 Å². The number of benzene rings is 1. The van der Waals surface area contributed by atoms with Gasteiger partial charge in [-0.1, -0.05) is 18.6 Å². The number of carboxylic acid groups (broad SMARTS) is 1. The molecule has 0 atom stereocenters. The molecule has 3 rings (SSSR count). The molecule has 0 spiro atoms. The normalized spacial score (nSPS) is 20.7. The van der Waals surface area contributed by atoms with E-state index in [1.807, 2.05) is 0 Å². The summed E-state index contributed by atoms with van der Waals surface area (Å²) in [5, 5.41) is 12.0. The molecule has 2 aliphatic rings. The number of nitrogens with one attached hydrogen (secondary N) is 1. The fourth-order valence-corrected chi connectivity index (χ4v) is 2.92. The van der Waals surface area contributed by atoms with Gasteiger partial charge < -0.3 is 15.3 Å². The molecule has 0 unspecified atom stereocenters. The highest BCUT2D eigenvalue weighted by Crippen LogP contribution is 2.44. The van der Waals surface area contributed by atoms with Crippen LogP contribution in [0.4, 0.5) is 5.69 Å². The van der Waals surface area contributed by atoms with E-state index in [1.165, 1.54) is 4.90 Å². The first-order valence-electron chi connectivity index (χ1n) is 6.94. The topological polar surface area (TPSA) is 86.7 Å². The SMILES string of the molecule is O=C1CN(c2cccc(C3(C(=O)O)CCC3)c2)C(=O)CN1. The van der Waals surface area contributed by atoms with E-state index < -0.39 is 11.4 Å². The summed E-state index contributed by atoms with van der Waals surface area (Å²) in [4.78, 5) is 36.3. The van der Waals surface area contributed by atoms with Crippen LogP contribution in [0.25, 0.3) is 0 Å². The van der Waals surface area contributed by atoms with Crippen LogP contribution in [-0.2, 0) is 19.8 Å². The molecular weight excluding hydrogens is 272 g/mol. The molecule has 1 aromatic rings. The van der Waals surface area contributed by atoms with Gasteiger partial charge in [-0.15, -0.1) is 0 Å². The van der Waals surface area contributed by atoms with Gasteiger partial charge in [0.05, 0.1) is 12.0 Å². The Kier molecular flexibility index (Phi) is 3.16. The van der Waals surface area contributed by atoms with Crippen LogP contribution in [0.15, 0.2) is 24.3 Å². The third-order valence-corrected chi connectivity index (χ3v) is 4.37. The quantitative estimate of drug-likeness (QED) is 0.855. The van der Waals surface area contributed by atoms with Crippen molar-refractivity contribution in [3.05, 3.63) is 29.8 Å². The number of rotatable bonds is 3. The summed E-state index contributed by atoms with van der Waals surface area (Å²) in [5.74, 6) is -1.23. The summed E-state index contributed by atoms with van der Waals surface area (Å²) < 4.78 is 0. The van der Waals surface area contributed by atoms with Crippen molar-refractivity contribution < 1.29 is 19.5 Å². The smallest absolute Gasteiger partial charge is 0.314 e. The Morgan fingerprint density at radius 2 is 2.05 bits per heavy atom. The Bertz CT molecular complexity index is 622. The van der Waals surface area contributed by atoms with E-state index in [1.54, 1.807) is 24.3 Å². The summed E-state index contributed by atoms with van der Waals surface area (Å²) in [6.07, 6.45) is 2.11. The third kappa shape index (κ3) is 2.16. The second-order valence-corrected chi connectivity index (χ2v) is 5.55. The Balaban J connectivity index is 1.95. The number of carbonyl (C=O) groups is 3. The highest BCUT2D eigenvalue weighted by atomic mass is 16.4. The first-order chi connectivity index (χ1) is 10.0. The van der Waals surface area contributed by atoms with Crippen LogP contribution in [-0.4, -0.2) is 36.0 Å². The minimum Gasteiger partial charge on any atom is -0.481 e. The molecule has 1 saturated heterocycles. The fourth-order valence-electron chi connectivity index (χ4n) is 2.92. The highest BCUT2D eigenvalue weighted by molar-refractivity contribution is 6.04. The molecule has 2 amide bonds. The maximum absolute atomic E-state index is 11.9. The van der Waals surface area contributed by atoms with Crippen molar-refractivity contribution in [1.82, 2.24) is 5.32 Å². The first kappa shape index (κ1) is 13.6. The van der Waals surface area contributed by atoms with Gasteiger partial charge in [0.15, 0.2) is 0 Å². The number of hydrogen-bond donors (Lipinski definition) is 2. The van der Waals surface area contributed by atoms with Gasteiger partial charge in [-0.25, -0.2) is 0 Å². The summed E-state index contributed by atoms with van der Waals surface area (Å²) in [6, 6.07) is 6.98. The molecule has 2 N–H and O–H groups in total. The number of carbonyl (C=O) groups excluding carboxylic acids is 2. The van der Waals surface area contributed by atoms with Gasteiger partial charge in [0.25, 0.3) is 0 Å². The molecule has 0 aromatic heterocycles. The van der Waals surface area contributed by atoms with Gasteiger partial charge in [0.2, 0.25) is 11.8 Å². The highest BCUT2D eigenvalue weighted by Gasteiger charge is 2.46.